The van der Waals surface area contributed by atoms with Gasteiger partial charge in [0.1, 0.15) is 22.9 Å². The van der Waals surface area contributed by atoms with E-state index in [9.17, 15) is 18.4 Å². The molecule has 0 fully saturated rings. The van der Waals surface area contributed by atoms with Gasteiger partial charge >= 0.3 is 0 Å². The van der Waals surface area contributed by atoms with Gasteiger partial charge in [0, 0.05) is 33.7 Å². The van der Waals surface area contributed by atoms with Crippen LogP contribution in [0.2, 0.25) is 0 Å². The fourth-order valence-electron chi connectivity index (χ4n) is 7.77. The third kappa shape index (κ3) is 2.38. The first-order chi connectivity index (χ1) is 21.5. The lowest BCUT2D eigenvalue weighted by Crippen LogP contribution is -2.06. The van der Waals surface area contributed by atoms with Crippen LogP contribution in [-0.4, -0.2) is 18.8 Å². The molecule has 0 aliphatic heterocycles. The summed E-state index contributed by atoms with van der Waals surface area (Å²) in [6.07, 6.45) is 0. The highest BCUT2D eigenvalue weighted by Crippen LogP contribution is 2.47. The Morgan fingerprint density at radius 2 is 0.977 bits per heavy atom. The monoisotopic (exact) mass is 572 g/mol. The number of aromatic nitrogens is 4. The molecule has 4 aromatic heterocycles. The second kappa shape index (κ2) is 7.12. The Morgan fingerprint density at radius 1 is 0.477 bits per heavy atom. The average Bonchev–Trinajstić information content (AvgIpc) is 3.73. The number of halogens is 2. The highest BCUT2D eigenvalue weighted by molar-refractivity contribution is 6.44. The summed E-state index contributed by atoms with van der Waals surface area (Å²) >= 11 is 0. The van der Waals surface area contributed by atoms with E-state index >= 15 is 0 Å². The van der Waals surface area contributed by atoms with Crippen molar-refractivity contribution in [2.24, 2.45) is 0 Å². The van der Waals surface area contributed by atoms with Gasteiger partial charge in [-0.1, -0.05) is 36.4 Å². The van der Waals surface area contributed by atoms with Gasteiger partial charge in [0.15, 0.2) is 0 Å². The van der Waals surface area contributed by atoms with E-state index in [0.29, 0.717) is 54.9 Å². The number of nitrogens with zero attached hydrogens (tertiary/aromatic N) is 4. The summed E-state index contributed by atoms with van der Waals surface area (Å²) in [7, 11) is 0. The van der Waals surface area contributed by atoms with Crippen LogP contribution in [0.3, 0.4) is 0 Å². The number of hydrogen-bond acceptors (Lipinski definition) is 4. The SMILES string of the molecule is O=c1c2cc3cc4c(=O)n5c6ccc(F)cc6nc5c4c4c5cccc6cccc(c65)c(c34)c2c2nc3cc(F)ccc3n12. The molecule has 0 spiro atoms. The van der Waals surface area contributed by atoms with Crippen LogP contribution in [0, 0.1) is 11.6 Å². The fraction of sp³-hybridized carbons (Fsp3) is 0. The maximum Gasteiger partial charge on any atom is 0.264 e. The molecule has 0 N–H and O–H groups in total. The standard InChI is InChI=1S/C36H14F2N4O2/c37-17-7-9-25-23(13-17)39-33-31-21(35(43)41(25)33)11-16-12-22-32(34-40-24-14-18(38)8-10-26(24)42(34)36(22)44)30-20-6-2-4-15-3-1-5-19(27(15)20)29(31)28(16)30/h1-14H. The molecular weight excluding hydrogens is 558 g/mol. The quantitative estimate of drug-likeness (QED) is 0.139. The van der Waals surface area contributed by atoms with E-state index in [1.807, 2.05) is 36.4 Å². The fourth-order valence-corrected chi connectivity index (χ4v) is 7.77. The molecule has 7 aromatic carbocycles. The summed E-state index contributed by atoms with van der Waals surface area (Å²) in [6.45, 7) is 0. The van der Waals surface area contributed by atoms with Crippen LogP contribution in [0.4, 0.5) is 8.78 Å². The first kappa shape index (κ1) is 22.6. The Bertz CT molecular complexity index is 3030. The Morgan fingerprint density at radius 3 is 1.48 bits per heavy atom. The maximum absolute atomic E-state index is 14.2. The van der Waals surface area contributed by atoms with E-state index in [2.05, 4.69) is 12.1 Å². The van der Waals surface area contributed by atoms with Crippen LogP contribution in [-0.2, 0) is 0 Å². The number of fused-ring (bicyclic) bond motifs is 14. The molecule has 0 aliphatic rings. The zero-order valence-electron chi connectivity index (χ0n) is 22.4. The second-order valence-corrected chi connectivity index (χ2v) is 11.6. The van der Waals surface area contributed by atoms with Crippen LogP contribution in [0.25, 0.3) is 98.0 Å². The molecule has 204 valence electrons. The predicted molar refractivity (Wildman–Crippen MR) is 170 cm³/mol. The second-order valence-electron chi connectivity index (χ2n) is 11.6. The Labute approximate surface area is 242 Å². The molecule has 0 atom stereocenters. The Balaban J connectivity index is 1.52. The molecule has 0 bridgehead atoms. The summed E-state index contributed by atoms with van der Waals surface area (Å²) in [6, 6.07) is 24.4. The lowest BCUT2D eigenvalue weighted by Gasteiger charge is -2.16. The van der Waals surface area contributed by atoms with E-state index in [1.165, 1.54) is 24.3 Å². The minimum absolute atomic E-state index is 0.248. The minimum Gasteiger partial charge on any atom is -0.268 e. The van der Waals surface area contributed by atoms with Gasteiger partial charge in [0.05, 0.1) is 32.8 Å². The molecule has 0 amide bonds. The molecule has 8 heteroatoms. The van der Waals surface area contributed by atoms with Gasteiger partial charge in [0.25, 0.3) is 11.1 Å². The van der Waals surface area contributed by atoms with Gasteiger partial charge in [-0.3, -0.25) is 18.4 Å². The third-order valence-corrected chi connectivity index (χ3v) is 9.42. The molecular formula is C36H14F2N4O2. The lowest BCUT2D eigenvalue weighted by molar-refractivity contribution is 0.629. The van der Waals surface area contributed by atoms with Crippen LogP contribution in [0.1, 0.15) is 0 Å². The molecule has 11 rings (SSSR count). The molecule has 0 saturated heterocycles. The topological polar surface area (TPSA) is 68.7 Å². The first-order valence-corrected chi connectivity index (χ1v) is 14.1. The van der Waals surface area contributed by atoms with Crippen molar-refractivity contribution in [1.29, 1.82) is 0 Å². The summed E-state index contributed by atoms with van der Waals surface area (Å²) in [5, 5.41) is 9.55. The van der Waals surface area contributed by atoms with E-state index < -0.39 is 11.6 Å². The van der Waals surface area contributed by atoms with Gasteiger partial charge in [-0.05, 0) is 68.7 Å². The van der Waals surface area contributed by atoms with Gasteiger partial charge in [0.2, 0.25) is 0 Å². The highest BCUT2D eigenvalue weighted by Gasteiger charge is 2.26. The van der Waals surface area contributed by atoms with Gasteiger partial charge in [-0.15, -0.1) is 0 Å². The molecule has 11 aromatic rings. The molecule has 6 nitrogen and oxygen atoms in total. The smallest absolute Gasteiger partial charge is 0.264 e. The van der Waals surface area contributed by atoms with Crippen molar-refractivity contribution in [3.05, 3.63) is 117 Å². The molecule has 0 unspecified atom stereocenters. The Hall–Kier alpha value is -6.02. The van der Waals surface area contributed by atoms with Crippen LogP contribution < -0.4 is 11.1 Å². The average molecular weight is 573 g/mol. The van der Waals surface area contributed by atoms with Gasteiger partial charge in [-0.25, -0.2) is 18.7 Å². The van der Waals surface area contributed by atoms with Crippen molar-refractivity contribution < 1.29 is 8.78 Å². The van der Waals surface area contributed by atoms with Crippen LogP contribution in [0.15, 0.2) is 94.5 Å². The number of hydrogen-bond donors (Lipinski definition) is 0. The molecule has 0 aliphatic carbocycles. The number of rotatable bonds is 0. The summed E-state index contributed by atoms with van der Waals surface area (Å²) in [5.41, 5.74) is 2.31. The van der Waals surface area contributed by atoms with Gasteiger partial charge in [-0.2, -0.15) is 0 Å². The zero-order valence-corrected chi connectivity index (χ0v) is 22.4. The van der Waals surface area contributed by atoms with Crippen LogP contribution in [0.5, 0.6) is 0 Å². The van der Waals surface area contributed by atoms with E-state index in [0.717, 1.165) is 43.1 Å². The van der Waals surface area contributed by atoms with Crippen molar-refractivity contribution in [3.63, 3.8) is 0 Å². The largest absolute Gasteiger partial charge is 0.268 e. The van der Waals surface area contributed by atoms with E-state index in [4.69, 9.17) is 9.97 Å². The van der Waals surface area contributed by atoms with Crippen molar-refractivity contribution >= 4 is 98.0 Å². The van der Waals surface area contributed by atoms with Crippen molar-refractivity contribution in [1.82, 2.24) is 18.8 Å². The molecule has 4 heterocycles. The van der Waals surface area contributed by atoms with E-state index in [1.54, 1.807) is 20.9 Å². The third-order valence-electron chi connectivity index (χ3n) is 9.42. The predicted octanol–water partition coefficient (Wildman–Crippen LogP) is 7.52. The van der Waals surface area contributed by atoms with Gasteiger partial charge < -0.3 is 0 Å². The van der Waals surface area contributed by atoms with Crippen molar-refractivity contribution in [3.8, 4) is 0 Å². The van der Waals surface area contributed by atoms with Crippen molar-refractivity contribution in [2.45, 2.75) is 0 Å². The maximum atomic E-state index is 14.2. The number of imidazole rings is 2. The molecule has 0 radical (unpaired) electrons. The summed E-state index contributed by atoms with van der Waals surface area (Å²) in [5.74, 6) is -0.850. The minimum atomic E-state index is -0.425. The summed E-state index contributed by atoms with van der Waals surface area (Å²) < 4.78 is 31.5. The first-order valence-electron chi connectivity index (χ1n) is 14.1. The lowest BCUT2D eigenvalue weighted by atomic mass is 9.86. The highest BCUT2D eigenvalue weighted by atomic mass is 19.1. The molecule has 0 saturated carbocycles. The van der Waals surface area contributed by atoms with Crippen LogP contribution >= 0.6 is 0 Å². The van der Waals surface area contributed by atoms with Crippen molar-refractivity contribution in [2.75, 3.05) is 0 Å². The van der Waals surface area contributed by atoms with E-state index in [-0.39, 0.29) is 11.1 Å². The Kier molecular flexibility index (Phi) is 3.65. The summed E-state index contributed by atoms with van der Waals surface area (Å²) in [4.78, 5) is 37.7. The number of benzene rings is 7. The normalized spacial score (nSPS) is 13.0. The molecule has 44 heavy (non-hydrogen) atoms. The zero-order chi connectivity index (χ0) is 29.2.